The lowest BCUT2D eigenvalue weighted by Gasteiger charge is -2.39. The summed E-state index contributed by atoms with van der Waals surface area (Å²) in [6.45, 7) is 11.5. The molecule has 2 aliphatic rings. The minimum absolute atomic E-state index is 0.125. The molecule has 6 rings (SSSR count). The molecule has 43 heavy (non-hydrogen) atoms. The van der Waals surface area contributed by atoms with E-state index in [4.69, 9.17) is 14.5 Å². The Labute approximate surface area is 250 Å². The number of nitrogens with zero attached hydrogens (tertiary/aromatic N) is 6. The number of aromatic amines is 1. The van der Waals surface area contributed by atoms with E-state index >= 15 is 0 Å². The molecular formula is C32H37N7O4. The first-order valence-corrected chi connectivity index (χ1v) is 14.8. The Morgan fingerprint density at radius 3 is 2.65 bits per heavy atom. The minimum atomic E-state index is -0.640. The number of hydrogen-bond donors (Lipinski definition) is 1. The molecule has 2 aliphatic heterocycles. The standard InChI is InChI=1S/C32H37N7O4/c1-6-20-13-35-29-28(20)37-26(16-36-29)22-11-21-7-8-38(30(40)23-14-33-19(2)34-15-23)17-25(21)24(12-22)27-18-42-10-9-39(27)31(41)43-32(3,4)5/h11-16,27H,6-10,17-18H2,1-5H3,(H,35,36). The highest BCUT2D eigenvalue weighted by molar-refractivity contribution is 5.93. The molecule has 11 nitrogen and oxygen atoms in total. The van der Waals surface area contributed by atoms with E-state index in [2.05, 4.69) is 39.0 Å². The van der Waals surface area contributed by atoms with Crippen LogP contribution in [-0.2, 0) is 28.9 Å². The third kappa shape index (κ3) is 5.81. The van der Waals surface area contributed by atoms with Gasteiger partial charge in [-0.05, 0) is 74.9 Å². The molecule has 11 heteroatoms. The van der Waals surface area contributed by atoms with Gasteiger partial charge in [-0.25, -0.2) is 24.7 Å². The Balaban J connectivity index is 1.44. The Morgan fingerprint density at radius 2 is 1.91 bits per heavy atom. The smallest absolute Gasteiger partial charge is 0.410 e. The molecule has 0 radical (unpaired) electrons. The van der Waals surface area contributed by atoms with Crippen LogP contribution in [0.1, 0.15) is 72.2 Å². The van der Waals surface area contributed by atoms with E-state index in [1.54, 1.807) is 30.4 Å². The normalized spacial score (nSPS) is 17.2. The van der Waals surface area contributed by atoms with Crippen LogP contribution in [0.4, 0.5) is 4.79 Å². The van der Waals surface area contributed by atoms with Crippen LogP contribution in [0.5, 0.6) is 0 Å². The first-order valence-electron chi connectivity index (χ1n) is 14.8. The molecule has 224 valence electrons. The lowest BCUT2D eigenvalue weighted by atomic mass is 9.87. The molecule has 1 unspecified atom stereocenters. The van der Waals surface area contributed by atoms with Crippen molar-refractivity contribution in [3.05, 3.63) is 70.6 Å². The number of aromatic nitrogens is 5. The van der Waals surface area contributed by atoms with E-state index < -0.39 is 11.6 Å². The summed E-state index contributed by atoms with van der Waals surface area (Å²) in [6.07, 6.45) is 7.98. The molecule has 1 saturated heterocycles. The monoisotopic (exact) mass is 583 g/mol. The van der Waals surface area contributed by atoms with Crippen molar-refractivity contribution in [3.8, 4) is 11.3 Å². The number of nitrogens with one attached hydrogen (secondary N) is 1. The topological polar surface area (TPSA) is 126 Å². The van der Waals surface area contributed by atoms with Crippen LogP contribution in [0.2, 0.25) is 0 Å². The predicted molar refractivity (Wildman–Crippen MR) is 160 cm³/mol. The molecule has 0 spiro atoms. The van der Waals surface area contributed by atoms with E-state index in [1.165, 1.54) is 0 Å². The van der Waals surface area contributed by atoms with Crippen LogP contribution in [0.15, 0.2) is 36.9 Å². The quantitative estimate of drug-likeness (QED) is 0.363. The summed E-state index contributed by atoms with van der Waals surface area (Å²) in [6, 6.07) is 3.82. The number of benzene rings is 1. The van der Waals surface area contributed by atoms with Crippen LogP contribution in [-0.4, -0.2) is 78.6 Å². The number of carbonyl (C=O) groups is 2. The van der Waals surface area contributed by atoms with Gasteiger partial charge in [0.1, 0.15) is 16.9 Å². The molecule has 2 amide bonds. The molecule has 1 atom stereocenters. The molecule has 1 fully saturated rings. The van der Waals surface area contributed by atoms with Gasteiger partial charge < -0.3 is 19.4 Å². The first kappa shape index (κ1) is 28.7. The van der Waals surface area contributed by atoms with Crippen LogP contribution in [0.3, 0.4) is 0 Å². The summed E-state index contributed by atoms with van der Waals surface area (Å²) < 4.78 is 11.7. The zero-order chi connectivity index (χ0) is 30.3. The van der Waals surface area contributed by atoms with Gasteiger partial charge in [0, 0.05) is 43.8 Å². The molecular weight excluding hydrogens is 546 g/mol. The Kier molecular flexibility index (Phi) is 7.59. The van der Waals surface area contributed by atoms with Gasteiger partial charge in [0.05, 0.1) is 36.7 Å². The van der Waals surface area contributed by atoms with Crippen LogP contribution < -0.4 is 0 Å². The molecule has 0 saturated carbocycles. The summed E-state index contributed by atoms with van der Waals surface area (Å²) in [5.74, 6) is 0.488. The number of ether oxygens (including phenoxy) is 2. The summed E-state index contributed by atoms with van der Waals surface area (Å²) in [5, 5.41) is 0. The highest BCUT2D eigenvalue weighted by Gasteiger charge is 2.36. The zero-order valence-corrected chi connectivity index (χ0v) is 25.3. The Bertz CT molecular complexity index is 1680. The molecule has 4 aromatic rings. The van der Waals surface area contributed by atoms with E-state index in [-0.39, 0.29) is 12.0 Å². The largest absolute Gasteiger partial charge is 0.444 e. The predicted octanol–water partition coefficient (Wildman–Crippen LogP) is 4.79. The Hall–Kier alpha value is -4.38. The van der Waals surface area contributed by atoms with E-state index in [0.717, 1.165) is 51.1 Å². The third-order valence-electron chi connectivity index (χ3n) is 7.94. The van der Waals surface area contributed by atoms with Crippen molar-refractivity contribution in [3.63, 3.8) is 0 Å². The second-order valence-corrected chi connectivity index (χ2v) is 12.1. The fourth-order valence-corrected chi connectivity index (χ4v) is 5.75. The lowest BCUT2D eigenvalue weighted by molar-refractivity contribution is -0.0334. The number of H-pyrrole nitrogens is 1. The van der Waals surface area contributed by atoms with Gasteiger partial charge in [-0.1, -0.05) is 6.92 Å². The maximum atomic E-state index is 13.5. The lowest BCUT2D eigenvalue weighted by Crippen LogP contribution is -2.46. The van der Waals surface area contributed by atoms with Crippen LogP contribution >= 0.6 is 0 Å². The fourth-order valence-electron chi connectivity index (χ4n) is 5.75. The molecule has 1 N–H and O–H groups in total. The second kappa shape index (κ2) is 11.4. The first-order chi connectivity index (χ1) is 20.6. The minimum Gasteiger partial charge on any atom is -0.444 e. The summed E-state index contributed by atoms with van der Waals surface area (Å²) in [7, 11) is 0. The van der Waals surface area contributed by atoms with Gasteiger partial charge in [-0.2, -0.15) is 0 Å². The molecule has 5 heterocycles. The number of rotatable bonds is 4. The maximum Gasteiger partial charge on any atom is 0.410 e. The summed E-state index contributed by atoms with van der Waals surface area (Å²) in [4.78, 5) is 51.8. The maximum absolute atomic E-state index is 13.5. The molecule has 0 aliphatic carbocycles. The molecule has 3 aromatic heterocycles. The number of aryl methyl sites for hydroxylation is 2. The van der Waals surface area contributed by atoms with Gasteiger partial charge in [0.15, 0.2) is 5.65 Å². The van der Waals surface area contributed by atoms with Crippen molar-refractivity contribution in [2.24, 2.45) is 0 Å². The number of carbonyl (C=O) groups excluding carboxylic acids is 2. The fraction of sp³-hybridized carbons (Fsp3) is 0.438. The highest BCUT2D eigenvalue weighted by atomic mass is 16.6. The average molecular weight is 584 g/mol. The SMILES string of the molecule is CCc1c[nH]c2ncc(-c3cc4c(c(C5COCCN5C(=O)OC(C)(C)C)c3)CN(C(=O)c3cnc(C)nc3)CC4)nc12. The van der Waals surface area contributed by atoms with Crippen molar-refractivity contribution >= 4 is 23.2 Å². The van der Waals surface area contributed by atoms with Gasteiger partial charge in [0.2, 0.25) is 0 Å². The van der Waals surface area contributed by atoms with Gasteiger partial charge in [0.25, 0.3) is 5.91 Å². The number of hydrogen-bond acceptors (Lipinski definition) is 8. The van der Waals surface area contributed by atoms with Crippen molar-refractivity contribution in [2.45, 2.75) is 65.6 Å². The van der Waals surface area contributed by atoms with Crippen molar-refractivity contribution < 1.29 is 19.1 Å². The van der Waals surface area contributed by atoms with Crippen LogP contribution in [0.25, 0.3) is 22.4 Å². The zero-order valence-electron chi connectivity index (χ0n) is 25.3. The van der Waals surface area contributed by atoms with Crippen molar-refractivity contribution in [1.82, 2.24) is 34.7 Å². The molecule has 1 aromatic carbocycles. The Morgan fingerprint density at radius 1 is 1.12 bits per heavy atom. The van der Waals surface area contributed by atoms with Gasteiger partial charge in [-0.15, -0.1) is 0 Å². The van der Waals surface area contributed by atoms with Gasteiger partial charge in [-0.3, -0.25) is 9.69 Å². The third-order valence-corrected chi connectivity index (χ3v) is 7.94. The number of morpholine rings is 1. The molecule has 0 bridgehead atoms. The second-order valence-electron chi connectivity index (χ2n) is 12.1. The van der Waals surface area contributed by atoms with E-state index in [1.807, 2.05) is 31.9 Å². The summed E-state index contributed by atoms with van der Waals surface area (Å²) in [5.41, 5.74) is 7.22. The van der Waals surface area contributed by atoms with Crippen LogP contribution in [0, 0.1) is 6.92 Å². The number of amides is 2. The highest BCUT2D eigenvalue weighted by Crippen LogP contribution is 2.37. The van der Waals surface area contributed by atoms with Crippen molar-refractivity contribution in [1.29, 1.82) is 0 Å². The van der Waals surface area contributed by atoms with E-state index in [0.29, 0.717) is 50.7 Å². The number of fused-ring (bicyclic) bond motifs is 2. The van der Waals surface area contributed by atoms with Crippen molar-refractivity contribution in [2.75, 3.05) is 26.3 Å². The summed E-state index contributed by atoms with van der Waals surface area (Å²) >= 11 is 0. The van der Waals surface area contributed by atoms with Gasteiger partial charge >= 0.3 is 6.09 Å². The van der Waals surface area contributed by atoms with E-state index in [9.17, 15) is 9.59 Å². The average Bonchev–Trinajstić information content (AvgIpc) is 3.42.